The Hall–Kier alpha value is -4.25. The second-order valence-electron chi connectivity index (χ2n) is 9.80. The predicted octanol–water partition coefficient (Wildman–Crippen LogP) is 3.48. The summed E-state index contributed by atoms with van der Waals surface area (Å²) >= 11 is 1.35. The summed E-state index contributed by atoms with van der Waals surface area (Å²) in [5.41, 5.74) is 0.548. The zero-order valence-corrected chi connectivity index (χ0v) is 22.4. The summed E-state index contributed by atoms with van der Waals surface area (Å²) in [6.07, 6.45) is -0.769. The maximum absolute atomic E-state index is 13.0. The van der Waals surface area contributed by atoms with Crippen molar-refractivity contribution in [2.24, 2.45) is 5.92 Å². The van der Waals surface area contributed by atoms with E-state index in [-0.39, 0.29) is 42.5 Å². The Labute approximate surface area is 229 Å². The van der Waals surface area contributed by atoms with Crippen LogP contribution < -0.4 is 16.0 Å². The van der Waals surface area contributed by atoms with E-state index in [1.165, 1.54) is 11.3 Å². The lowest BCUT2D eigenvalue weighted by molar-refractivity contribution is -0.123. The number of thiophene rings is 1. The molecule has 2 atom stereocenters. The predicted molar refractivity (Wildman–Crippen MR) is 147 cm³/mol. The Morgan fingerprint density at radius 2 is 1.59 bits per heavy atom. The lowest BCUT2D eigenvalue weighted by Crippen LogP contribution is -2.49. The fraction of sp³-hybridized carbons (Fsp3) is 0.321. The minimum atomic E-state index is -1.31. The number of hydrogen-bond donors (Lipinski definition) is 4. The van der Waals surface area contributed by atoms with Crippen molar-refractivity contribution in [2.75, 3.05) is 13.1 Å². The number of nitrogens with zero attached hydrogens (tertiary/aromatic N) is 1. The third kappa shape index (κ3) is 6.61. The van der Waals surface area contributed by atoms with Crippen molar-refractivity contribution in [3.63, 3.8) is 0 Å². The van der Waals surface area contributed by atoms with Gasteiger partial charge in [-0.25, -0.2) is 4.79 Å². The van der Waals surface area contributed by atoms with Crippen LogP contribution in [0.2, 0.25) is 0 Å². The highest BCUT2D eigenvalue weighted by atomic mass is 32.1. The first kappa shape index (κ1) is 27.8. The lowest BCUT2D eigenvalue weighted by atomic mass is 10.0. The average Bonchev–Trinajstić information content (AvgIpc) is 3.43. The van der Waals surface area contributed by atoms with Gasteiger partial charge in [0.05, 0.1) is 22.0 Å². The molecule has 4 rings (SSSR count). The lowest BCUT2D eigenvalue weighted by Gasteiger charge is -2.24. The van der Waals surface area contributed by atoms with Crippen molar-refractivity contribution >= 4 is 51.1 Å². The van der Waals surface area contributed by atoms with Gasteiger partial charge in [0.25, 0.3) is 17.7 Å². The summed E-state index contributed by atoms with van der Waals surface area (Å²) in [4.78, 5) is 64.3. The number of carbonyl (C=O) groups excluding carboxylic acids is 4. The molecule has 0 unspecified atom stereocenters. The highest BCUT2D eigenvalue weighted by molar-refractivity contribution is 7.20. The van der Waals surface area contributed by atoms with E-state index in [2.05, 4.69) is 16.0 Å². The first-order valence-corrected chi connectivity index (χ1v) is 13.5. The maximum atomic E-state index is 13.0. The van der Waals surface area contributed by atoms with Gasteiger partial charge >= 0.3 is 6.09 Å². The highest BCUT2D eigenvalue weighted by Gasteiger charge is 2.36. The molecule has 0 spiro atoms. The molecule has 0 saturated heterocycles. The molecule has 39 heavy (non-hydrogen) atoms. The molecule has 0 bridgehead atoms. The number of benzene rings is 2. The van der Waals surface area contributed by atoms with Crippen LogP contribution in [0.5, 0.6) is 0 Å². The van der Waals surface area contributed by atoms with Crippen LogP contribution in [-0.4, -0.2) is 64.9 Å². The van der Waals surface area contributed by atoms with Gasteiger partial charge in [-0.05, 0) is 48.4 Å². The summed E-state index contributed by atoms with van der Waals surface area (Å²) in [6, 6.07) is 14.3. The molecule has 10 nitrogen and oxygen atoms in total. The maximum Gasteiger partial charge on any atom is 0.404 e. The van der Waals surface area contributed by atoms with Crippen molar-refractivity contribution in [3.8, 4) is 0 Å². The molecule has 2 aromatic carbocycles. The minimum Gasteiger partial charge on any atom is -0.465 e. The number of amides is 5. The van der Waals surface area contributed by atoms with Gasteiger partial charge in [-0.2, -0.15) is 0 Å². The Morgan fingerprint density at radius 1 is 0.949 bits per heavy atom. The van der Waals surface area contributed by atoms with Crippen molar-refractivity contribution in [1.29, 1.82) is 0 Å². The molecule has 2 heterocycles. The number of carbonyl (C=O) groups is 5. The Morgan fingerprint density at radius 3 is 2.21 bits per heavy atom. The van der Waals surface area contributed by atoms with Gasteiger partial charge in [-0.3, -0.25) is 24.1 Å². The number of carboxylic acid groups (broad SMARTS) is 1. The molecule has 204 valence electrons. The van der Waals surface area contributed by atoms with Crippen LogP contribution in [0.4, 0.5) is 4.79 Å². The van der Waals surface area contributed by atoms with Crippen LogP contribution in [0.15, 0.2) is 54.6 Å². The van der Waals surface area contributed by atoms with Gasteiger partial charge in [-0.15, -0.1) is 11.3 Å². The molecule has 1 aliphatic rings. The molecule has 0 aliphatic carbocycles. The molecule has 1 aliphatic heterocycles. The largest absolute Gasteiger partial charge is 0.465 e. The Bertz CT molecular complexity index is 1350. The minimum absolute atomic E-state index is 0.0697. The number of hydrogen-bond acceptors (Lipinski definition) is 6. The number of rotatable bonds is 11. The fourth-order valence-corrected chi connectivity index (χ4v) is 5.49. The van der Waals surface area contributed by atoms with E-state index in [0.717, 1.165) is 15.0 Å². The Balaban J connectivity index is 1.37. The SMILES string of the molecule is CC(C)C[C@H](NC(=O)c1cc2ccccc2s1)C(=O)NCC[C@H](CN1C(=O)c2ccccc2C1=O)NC(=O)O. The molecule has 4 N–H and O–H groups in total. The van der Waals surface area contributed by atoms with Crippen LogP contribution in [0.1, 0.15) is 57.1 Å². The van der Waals surface area contributed by atoms with E-state index >= 15 is 0 Å². The van der Waals surface area contributed by atoms with Gasteiger partial charge in [0.2, 0.25) is 5.91 Å². The summed E-state index contributed by atoms with van der Waals surface area (Å²) in [5.74, 6) is -1.59. The van der Waals surface area contributed by atoms with E-state index in [0.29, 0.717) is 11.3 Å². The molecular weight excluding hydrogens is 520 g/mol. The van der Waals surface area contributed by atoms with Crippen molar-refractivity contribution in [2.45, 2.75) is 38.8 Å². The molecule has 1 aromatic heterocycles. The highest BCUT2D eigenvalue weighted by Crippen LogP contribution is 2.25. The van der Waals surface area contributed by atoms with E-state index in [4.69, 9.17) is 0 Å². The first-order valence-electron chi connectivity index (χ1n) is 12.7. The third-order valence-electron chi connectivity index (χ3n) is 6.38. The summed E-state index contributed by atoms with van der Waals surface area (Å²) in [7, 11) is 0. The molecule has 0 fully saturated rings. The zero-order chi connectivity index (χ0) is 28.1. The Kier molecular flexibility index (Phi) is 8.60. The standard InChI is InChI=1S/C28H30N4O6S/c1-16(2)13-21(31-25(34)23-14-17-7-3-6-10-22(17)39-23)24(33)29-12-11-18(30-28(37)38)15-32-26(35)19-8-4-5-9-20(19)27(32)36/h3-10,14,16,18,21,30H,11-13,15H2,1-2H3,(H,29,33)(H,31,34)(H,37,38)/t18-,21+/m1/s1. The van der Waals surface area contributed by atoms with E-state index in [1.807, 2.05) is 38.1 Å². The van der Waals surface area contributed by atoms with E-state index in [9.17, 15) is 29.1 Å². The molecule has 0 saturated carbocycles. The van der Waals surface area contributed by atoms with Crippen LogP contribution in [0, 0.1) is 5.92 Å². The quantitative estimate of drug-likeness (QED) is 0.269. The average molecular weight is 551 g/mol. The number of nitrogens with one attached hydrogen (secondary N) is 3. The third-order valence-corrected chi connectivity index (χ3v) is 7.49. The van der Waals surface area contributed by atoms with Gasteiger partial charge in [0.15, 0.2) is 0 Å². The second kappa shape index (κ2) is 12.1. The number of imide groups is 1. The zero-order valence-electron chi connectivity index (χ0n) is 21.6. The van der Waals surface area contributed by atoms with Crippen LogP contribution in [0.25, 0.3) is 10.1 Å². The normalized spacial score (nSPS) is 14.3. The van der Waals surface area contributed by atoms with E-state index in [1.54, 1.807) is 30.3 Å². The molecule has 0 radical (unpaired) electrons. The van der Waals surface area contributed by atoms with Gasteiger partial charge in [0, 0.05) is 17.8 Å². The van der Waals surface area contributed by atoms with Crippen LogP contribution in [-0.2, 0) is 4.79 Å². The van der Waals surface area contributed by atoms with Crippen molar-refractivity contribution in [1.82, 2.24) is 20.9 Å². The molecule has 11 heteroatoms. The van der Waals surface area contributed by atoms with E-state index < -0.39 is 35.9 Å². The summed E-state index contributed by atoms with van der Waals surface area (Å²) < 4.78 is 0.975. The van der Waals surface area contributed by atoms with Crippen LogP contribution >= 0.6 is 11.3 Å². The van der Waals surface area contributed by atoms with Crippen molar-refractivity contribution in [3.05, 3.63) is 70.6 Å². The van der Waals surface area contributed by atoms with Gasteiger partial charge in [-0.1, -0.05) is 44.2 Å². The van der Waals surface area contributed by atoms with Gasteiger partial charge in [0.1, 0.15) is 6.04 Å². The topological polar surface area (TPSA) is 145 Å². The molecular formula is C28H30N4O6S. The first-order chi connectivity index (χ1) is 18.6. The number of fused-ring (bicyclic) bond motifs is 2. The smallest absolute Gasteiger partial charge is 0.404 e. The second-order valence-corrected chi connectivity index (χ2v) is 10.9. The fourth-order valence-electron chi connectivity index (χ4n) is 4.53. The molecule has 5 amide bonds. The molecule has 3 aromatic rings. The van der Waals surface area contributed by atoms with Crippen LogP contribution in [0.3, 0.4) is 0 Å². The summed E-state index contributed by atoms with van der Waals surface area (Å²) in [6.45, 7) is 3.79. The van der Waals surface area contributed by atoms with Crippen molar-refractivity contribution < 1.29 is 29.1 Å². The summed E-state index contributed by atoms with van der Waals surface area (Å²) in [5, 5.41) is 18.2. The monoisotopic (exact) mass is 550 g/mol. The van der Waals surface area contributed by atoms with Gasteiger partial charge < -0.3 is 21.1 Å².